The number of aliphatic hydroxyl groups is 1. The fraction of sp³-hybridized carbons (Fsp3) is 0.933. The van der Waals surface area contributed by atoms with Crippen LogP contribution in [0.2, 0.25) is 0 Å². The monoisotopic (exact) mass is 284 g/mol. The van der Waals surface area contributed by atoms with E-state index in [1.807, 2.05) is 7.05 Å². The van der Waals surface area contributed by atoms with Gasteiger partial charge in [-0.2, -0.15) is 0 Å². The number of hydrogen-bond acceptors (Lipinski definition) is 4. The molecule has 2 unspecified atom stereocenters. The Morgan fingerprint density at radius 2 is 2.10 bits per heavy atom. The Hall–Kier alpha value is -0.650. The van der Waals surface area contributed by atoms with E-state index in [4.69, 9.17) is 4.74 Å². The smallest absolute Gasteiger partial charge is 0.222 e. The highest BCUT2D eigenvalue weighted by Crippen LogP contribution is 2.20. The lowest BCUT2D eigenvalue weighted by Crippen LogP contribution is -2.48. The van der Waals surface area contributed by atoms with Gasteiger partial charge in [0.2, 0.25) is 5.91 Å². The molecule has 2 fully saturated rings. The van der Waals surface area contributed by atoms with Gasteiger partial charge in [-0.3, -0.25) is 4.79 Å². The number of aliphatic hydroxyl groups excluding tert-OH is 1. The Morgan fingerprint density at radius 1 is 1.35 bits per heavy atom. The Bertz CT molecular complexity index is 305. The molecule has 116 valence electrons. The zero-order chi connectivity index (χ0) is 14.4. The highest BCUT2D eigenvalue weighted by atomic mass is 16.5. The summed E-state index contributed by atoms with van der Waals surface area (Å²) in [6.45, 7) is 1.69. The predicted molar refractivity (Wildman–Crippen MR) is 77.5 cm³/mol. The van der Waals surface area contributed by atoms with Crippen molar-refractivity contribution in [2.45, 2.75) is 63.2 Å². The van der Waals surface area contributed by atoms with Crippen LogP contribution in [0.3, 0.4) is 0 Å². The van der Waals surface area contributed by atoms with Gasteiger partial charge in [0.15, 0.2) is 0 Å². The third-order valence-corrected chi connectivity index (χ3v) is 4.35. The second kappa shape index (κ2) is 7.96. The summed E-state index contributed by atoms with van der Waals surface area (Å²) in [6.07, 6.45) is 7.44. The van der Waals surface area contributed by atoms with Gasteiger partial charge in [-0.25, -0.2) is 0 Å². The molecule has 1 saturated heterocycles. The summed E-state index contributed by atoms with van der Waals surface area (Å²) in [5, 5.41) is 13.3. The van der Waals surface area contributed by atoms with E-state index < -0.39 is 6.10 Å². The van der Waals surface area contributed by atoms with Crippen LogP contribution in [0, 0.1) is 0 Å². The molecule has 2 atom stereocenters. The van der Waals surface area contributed by atoms with Crippen LogP contribution in [0.25, 0.3) is 0 Å². The number of nitrogens with one attached hydrogen (secondary N) is 1. The molecule has 2 N–H and O–H groups in total. The van der Waals surface area contributed by atoms with Crippen LogP contribution in [-0.4, -0.2) is 60.9 Å². The van der Waals surface area contributed by atoms with Crippen molar-refractivity contribution in [2.24, 2.45) is 0 Å². The van der Waals surface area contributed by atoms with Gasteiger partial charge < -0.3 is 20.1 Å². The van der Waals surface area contributed by atoms with Gasteiger partial charge in [0.05, 0.1) is 18.8 Å². The number of amides is 1. The zero-order valence-electron chi connectivity index (χ0n) is 12.5. The minimum absolute atomic E-state index is 0.212. The highest BCUT2D eigenvalue weighted by Gasteiger charge is 2.23. The van der Waals surface area contributed by atoms with Crippen LogP contribution in [0.15, 0.2) is 0 Å². The molecule has 5 nitrogen and oxygen atoms in total. The van der Waals surface area contributed by atoms with Gasteiger partial charge in [0.25, 0.3) is 0 Å². The molecule has 0 spiro atoms. The minimum atomic E-state index is -0.458. The number of carbonyl (C=O) groups is 1. The molecule has 2 aliphatic rings. The standard InChI is InChI=1S/C15H28N2O3/c1-17-10-12(7-8-15(17)19)16-9-13(18)11-20-14-5-3-2-4-6-14/h12-14,16,18H,2-11H2,1H3. The molecule has 0 aromatic rings. The molecule has 0 aromatic heterocycles. The molecule has 0 aromatic carbocycles. The molecule has 5 heteroatoms. The summed E-state index contributed by atoms with van der Waals surface area (Å²) in [6, 6.07) is 0.294. The van der Waals surface area contributed by atoms with E-state index in [0.29, 0.717) is 31.7 Å². The van der Waals surface area contributed by atoms with Crippen molar-refractivity contribution in [3.63, 3.8) is 0 Å². The highest BCUT2D eigenvalue weighted by molar-refractivity contribution is 5.76. The topological polar surface area (TPSA) is 61.8 Å². The molecule has 0 radical (unpaired) electrons. The van der Waals surface area contributed by atoms with E-state index >= 15 is 0 Å². The Balaban J connectivity index is 1.57. The first kappa shape index (κ1) is 15.7. The second-order valence-electron chi connectivity index (χ2n) is 6.17. The van der Waals surface area contributed by atoms with E-state index in [1.54, 1.807) is 4.90 Å². The third-order valence-electron chi connectivity index (χ3n) is 4.35. The van der Waals surface area contributed by atoms with Gasteiger partial charge in [0.1, 0.15) is 0 Å². The summed E-state index contributed by atoms with van der Waals surface area (Å²) in [5.41, 5.74) is 0. The number of hydrogen-bond donors (Lipinski definition) is 2. The Labute approximate surface area is 121 Å². The van der Waals surface area contributed by atoms with Crippen molar-refractivity contribution in [1.29, 1.82) is 0 Å². The number of rotatable bonds is 6. The normalized spacial score (nSPS) is 26.8. The predicted octanol–water partition coefficient (Wildman–Crippen LogP) is 0.907. The largest absolute Gasteiger partial charge is 0.389 e. The van der Waals surface area contributed by atoms with Crippen LogP contribution in [0.5, 0.6) is 0 Å². The van der Waals surface area contributed by atoms with Crippen LogP contribution >= 0.6 is 0 Å². The van der Waals surface area contributed by atoms with Crippen molar-refractivity contribution in [3.8, 4) is 0 Å². The van der Waals surface area contributed by atoms with Crippen molar-refractivity contribution in [1.82, 2.24) is 10.2 Å². The molecular formula is C15H28N2O3. The number of piperidine rings is 1. The zero-order valence-corrected chi connectivity index (χ0v) is 12.5. The average molecular weight is 284 g/mol. The molecule has 1 aliphatic carbocycles. The van der Waals surface area contributed by atoms with E-state index in [-0.39, 0.29) is 5.91 Å². The maximum atomic E-state index is 11.4. The van der Waals surface area contributed by atoms with Gasteiger partial charge >= 0.3 is 0 Å². The Kier molecular flexibility index (Phi) is 6.26. The van der Waals surface area contributed by atoms with Crippen molar-refractivity contribution in [2.75, 3.05) is 26.7 Å². The summed E-state index contributed by atoms with van der Waals surface area (Å²) >= 11 is 0. The molecule has 1 amide bonds. The third kappa shape index (κ3) is 5.04. The molecule has 1 heterocycles. The Morgan fingerprint density at radius 3 is 2.80 bits per heavy atom. The fourth-order valence-electron chi connectivity index (χ4n) is 3.02. The second-order valence-corrected chi connectivity index (χ2v) is 6.17. The van der Waals surface area contributed by atoms with Crippen molar-refractivity contribution < 1.29 is 14.6 Å². The van der Waals surface area contributed by atoms with E-state index in [2.05, 4.69) is 5.32 Å². The van der Waals surface area contributed by atoms with E-state index in [0.717, 1.165) is 25.8 Å². The molecule has 0 bridgehead atoms. The van der Waals surface area contributed by atoms with Crippen LogP contribution < -0.4 is 5.32 Å². The summed E-state index contributed by atoms with van der Waals surface area (Å²) in [5.74, 6) is 0.212. The van der Waals surface area contributed by atoms with Gasteiger partial charge in [-0.05, 0) is 19.3 Å². The lowest BCUT2D eigenvalue weighted by molar-refractivity contribution is -0.132. The van der Waals surface area contributed by atoms with Gasteiger partial charge in [0, 0.05) is 32.6 Å². The molecule has 1 aliphatic heterocycles. The first-order valence-electron chi connectivity index (χ1n) is 7.92. The van der Waals surface area contributed by atoms with Crippen LogP contribution in [0.1, 0.15) is 44.9 Å². The first-order chi connectivity index (χ1) is 9.65. The quantitative estimate of drug-likeness (QED) is 0.761. The van der Waals surface area contributed by atoms with Crippen molar-refractivity contribution in [3.05, 3.63) is 0 Å². The van der Waals surface area contributed by atoms with E-state index in [9.17, 15) is 9.90 Å². The number of carbonyl (C=O) groups excluding carboxylic acids is 1. The van der Waals surface area contributed by atoms with E-state index in [1.165, 1.54) is 19.3 Å². The first-order valence-corrected chi connectivity index (χ1v) is 7.92. The summed E-state index contributed by atoms with van der Waals surface area (Å²) in [7, 11) is 1.83. The molecule has 1 saturated carbocycles. The molecule has 20 heavy (non-hydrogen) atoms. The number of nitrogens with zero attached hydrogens (tertiary/aromatic N) is 1. The van der Waals surface area contributed by atoms with Gasteiger partial charge in [-0.15, -0.1) is 0 Å². The van der Waals surface area contributed by atoms with Gasteiger partial charge in [-0.1, -0.05) is 19.3 Å². The maximum absolute atomic E-state index is 11.4. The summed E-state index contributed by atoms with van der Waals surface area (Å²) < 4.78 is 5.77. The molecule has 2 rings (SSSR count). The van der Waals surface area contributed by atoms with Crippen LogP contribution in [-0.2, 0) is 9.53 Å². The number of likely N-dealkylation sites (tertiary alicyclic amines) is 1. The fourth-order valence-corrected chi connectivity index (χ4v) is 3.02. The number of ether oxygens (including phenoxy) is 1. The number of likely N-dealkylation sites (N-methyl/N-ethyl adjacent to an activating group) is 1. The van der Waals surface area contributed by atoms with Crippen molar-refractivity contribution >= 4 is 5.91 Å². The SMILES string of the molecule is CN1CC(NCC(O)COC2CCCCC2)CCC1=O. The van der Waals surface area contributed by atoms with Crippen LogP contribution in [0.4, 0.5) is 0 Å². The lowest BCUT2D eigenvalue weighted by atomic mass is 9.98. The average Bonchev–Trinajstić information content (AvgIpc) is 2.47. The maximum Gasteiger partial charge on any atom is 0.222 e. The summed E-state index contributed by atoms with van der Waals surface area (Å²) in [4.78, 5) is 13.1. The lowest BCUT2D eigenvalue weighted by Gasteiger charge is -2.31. The molecular weight excluding hydrogens is 256 g/mol. The minimum Gasteiger partial charge on any atom is -0.389 e.